The summed E-state index contributed by atoms with van der Waals surface area (Å²) in [5, 5.41) is 22.4. The Labute approximate surface area is 107 Å². The molecule has 0 radical (unpaired) electrons. The molecule has 0 rings (SSSR count). The van der Waals surface area contributed by atoms with E-state index < -0.39 is 11.2 Å². The summed E-state index contributed by atoms with van der Waals surface area (Å²) in [6.45, 7) is 17.9. The Balaban J connectivity index is 5.92. The summed E-state index contributed by atoms with van der Waals surface area (Å²) < 4.78 is 0. The Morgan fingerprint density at radius 1 is 0.647 bits per heavy atom. The maximum absolute atomic E-state index is 11.2. The van der Waals surface area contributed by atoms with E-state index in [4.69, 9.17) is 0 Å². The zero-order chi connectivity index (χ0) is 14.2. The molecule has 1 atom stereocenters. The molecule has 0 spiro atoms. The van der Waals surface area contributed by atoms with Crippen LogP contribution in [0.4, 0.5) is 0 Å². The Kier molecular flexibility index (Phi) is 4.87. The van der Waals surface area contributed by atoms with Gasteiger partial charge in [0.1, 0.15) is 5.60 Å². The summed E-state index contributed by atoms with van der Waals surface area (Å²) >= 11 is 0. The highest BCUT2D eigenvalue weighted by molar-refractivity contribution is 5.10. The molecule has 0 aromatic rings. The average Bonchev–Trinajstić information content (AvgIpc) is 2.12. The lowest BCUT2D eigenvalue weighted by Gasteiger charge is -2.57. The number of rotatable bonds is 4. The van der Waals surface area contributed by atoms with Crippen LogP contribution in [0.25, 0.3) is 0 Å². The monoisotopic (exact) mass is 244 g/mol. The van der Waals surface area contributed by atoms with E-state index in [1.807, 2.05) is 62.3 Å². The third-order valence-electron chi connectivity index (χ3n) is 4.35. The molecule has 0 bridgehead atoms. The number of hydrogen-bond acceptors (Lipinski definition) is 2. The minimum Gasteiger partial charge on any atom is -0.386 e. The summed E-state index contributed by atoms with van der Waals surface area (Å²) in [4.78, 5) is 0. The predicted octanol–water partition coefficient (Wildman–Crippen LogP) is 3.46. The normalized spacial score (nSPS) is 18.0. The van der Waals surface area contributed by atoms with Crippen molar-refractivity contribution in [1.29, 1.82) is 0 Å². The van der Waals surface area contributed by atoms with Gasteiger partial charge in [0, 0.05) is 0 Å². The highest BCUT2D eigenvalue weighted by Crippen LogP contribution is 2.50. The lowest BCUT2D eigenvalue weighted by atomic mass is 9.55. The zero-order valence-electron chi connectivity index (χ0n) is 13.1. The van der Waals surface area contributed by atoms with Crippen molar-refractivity contribution in [2.24, 2.45) is 23.2 Å². The molecule has 0 heterocycles. The van der Waals surface area contributed by atoms with Gasteiger partial charge in [0.2, 0.25) is 0 Å². The van der Waals surface area contributed by atoms with Gasteiger partial charge < -0.3 is 10.2 Å². The first-order valence-electron chi connectivity index (χ1n) is 6.78. The van der Waals surface area contributed by atoms with Crippen LogP contribution < -0.4 is 0 Å². The Bertz CT molecular complexity index is 240. The van der Waals surface area contributed by atoms with E-state index in [-0.39, 0.29) is 23.2 Å². The second kappa shape index (κ2) is 4.89. The predicted molar refractivity (Wildman–Crippen MR) is 73.9 cm³/mol. The molecule has 104 valence electrons. The van der Waals surface area contributed by atoms with Gasteiger partial charge in [-0.1, -0.05) is 62.3 Å². The molecule has 0 aromatic carbocycles. The highest BCUT2D eigenvalue weighted by atomic mass is 16.4. The Hall–Kier alpha value is -0.0800. The summed E-state index contributed by atoms with van der Waals surface area (Å²) in [6.07, 6.45) is 0. The van der Waals surface area contributed by atoms with E-state index in [9.17, 15) is 10.2 Å². The molecule has 0 aliphatic rings. The number of hydrogen-bond donors (Lipinski definition) is 2. The molecule has 0 aliphatic heterocycles. The van der Waals surface area contributed by atoms with Gasteiger partial charge in [-0.25, -0.2) is 0 Å². The van der Waals surface area contributed by atoms with E-state index >= 15 is 0 Å². The van der Waals surface area contributed by atoms with Crippen LogP contribution in [0, 0.1) is 23.2 Å². The fourth-order valence-corrected chi connectivity index (χ4v) is 3.48. The van der Waals surface area contributed by atoms with E-state index in [1.165, 1.54) is 0 Å². The van der Waals surface area contributed by atoms with Crippen molar-refractivity contribution in [2.75, 3.05) is 0 Å². The minimum absolute atomic E-state index is 0.00250. The maximum atomic E-state index is 11.2. The van der Waals surface area contributed by atoms with Gasteiger partial charge in [0.15, 0.2) is 0 Å². The van der Waals surface area contributed by atoms with E-state index in [1.54, 1.807) is 0 Å². The van der Waals surface area contributed by atoms with Crippen LogP contribution in [-0.2, 0) is 0 Å². The summed E-state index contributed by atoms with van der Waals surface area (Å²) in [6, 6.07) is 0. The molecule has 2 N–H and O–H groups in total. The van der Waals surface area contributed by atoms with Gasteiger partial charge in [-0.05, 0) is 23.2 Å². The lowest BCUT2D eigenvalue weighted by Crippen LogP contribution is -2.69. The van der Waals surface area contributed by atoms with Crippen LogP contribution in [0.15, 0.2) is 0 Å². The van der Waals surface area contributed by atoms with Crippen molar-refractivity contribution in [1.82, 2.24) is 0 Å². The van der Waals surface area contributed by atoms with Gasteiger partial charge in [0.25, 0.3) is 0 Å². The third-order valence-corrected chi connectivity index (χ3v) is 4.35. The topological polar surface area (TPSA) is 40.5 Å². The summed E-state index contributed by atoms with van der Waals surface area (Å²) in [5.41, 5.74) is -2.56. The molecular formula is C15H32O2. The lowest BCUT2D eigenvalue weighted by molar-refractivity contribution is -0.261. The smallest absolute Gasteiger partial charge is 0.101 e. The summed E-state index contributed by atoms with van der Waals surface area (Å²) in [7, 11) is 0. The molecule has 2 nitrogen and oxygen atoms in total. The van der Waals surface area contributed by atoms with Gasteiger partial charge >= 0.3 is 0 Å². The maximum Gasteiger partial charge on any atom is 0.101 e. The average molecular weight is 244 g/mol. The van der Waals surface area contributed by atoms with Gasteiger partial charge in [0.05, 0.1) is 5.60 Å². The van der Waals surface area contributed by atoms with Crippen molar-refractivity contribution < 1.29 is 10.2 Å². The zero-order valence-corrected chi connectivity index (χ0v) is 13.1. The first kappa shape index (κ1) is 16.9. The van der Waals surface area contributed by atoms with Crippen LogP contribution in [0.5, 0.6) is 0 Å². The molecule has 0 amide bonds. The molecule has 17 heavy (non-hydrogen) atoms. The van der Waals surface area contributed by atoms with Crippen molar-refractivity contribution in [3.63, 3.8) is 0 Å². The highest BCUT2D eigenvalue weighted by Gasteiger charge is 2.60. The molecule has 0 aliphatic carbocycles. The quantitative estimate of drug-likeness (QED) is 0.795. The minimum atomic E-state index is -1.11. The van der Waals surface area contributed by atoms with E-state index in [0.717, 1.165) is 0 Å². The third kappa shape index (κ3) is 2.39. The molecule has 2 heteroatoms. The van der Waals surface area contributed by atoms with Crippen LogP contribution in [0.1, 0.15) is 62.3 Å². The van der Waals surface area contributed by atoms with Crippen LogP contribution in [0.3, 0.4) is 0 Å². The Morgan fingerprint density at radius 2 is 0.941 bits per heavy atom. The van der Waals surface area contributed by atoms with Crippen LogP contribution >= 0.6 is 0 Å². The number of aliphatic hydroxyl groups is 2. The molecule has 1 unspecified atom stereocenters. The van der Waals surface area contributed by atoms with Gasteiger partial charge in [-0.3, -0.25) is 0 Å². The van der Waals surface area contributed by atoms with Gasteiger partial charge in [-0.2, -0.15) is 0 Å². The molecular weight excluding hydrogens is 212 g/mol. The standard InChI is InChI=1S/C15H32O2/c1-10(2)14(16,11(3)4)15(17,12(5)6)13(7,8)9/h10-12,16-17H,1-9H3. The van der Waals surface area contributed by atoms with Crippen molar-refractivity contribution in [3.05, 3.63) is 0 Å². The Morgan fingerprint density at radius 3 is 1.00 bits per heavy atom. The molecule has 0 fully saturated rings. The van der Waals surface area contributed by atoms with Crippen LogP contribution in [0.2, 0.25) is 0 Å². The first-order chi connectivity index (χ1) is 7.33. The second-order valence-corrected chi connectivity index (χ2v) is 7.31. The van der Waals surface area contributed by atoms with Crippen LogP contribution in [-0.4, -0.2) is 21.4 Å². The van der Waals surface area contributed by atoms with E-state index in [2.05, 4.69) is 0 Å². The molecule has 0 saturated heterocycles. The van der Waals surface area contributed by atoms with E-state index in [0.29, 0.717) is 0 Å². The van der Waals surface area contributed by atoms with Crippen molar-refractivity contribution >= 4 is 0 Å². The van der Waals surface area contributed by atoms with Gasteiger partial charge in [-0.15, -0.1) is 0 Å². The SMILES string of the molecule is CC(C)C(O)(C(C)C)C(O)(C(C)C)C(C)(C)C. The molecule has 0 aromatic heterocycles. The fraction of sp³-hybridized carbons (Fsp3) is 1.00. The second-order valence-electron chi connectivity index (χ2n) is 7.31. The molecule has 0 saturated carbocycles. The first-order valence-corrected chi connectivity index (χ1v) is 6.78. The van der Waals surface area contributed by atoms with Crippen molar-refractivity contribution in [2.45, 2.75) is 73.5 Å². The fourth-order valence-electron chi connectivity index (χ4n) is 3.48. The van der Waals surface area contributed by atoms with Crippen molar-refractivity contribution in [3.8, 4) is 0 Å². The summed E-state index contributed by atoms with van der Waals surface area (Å²) in [5.74, 6) is 0.0144. The largest absolute Gasteiger partial charge is 0.386 e.